The number of anilines is 2. The zero-order chi connectivity index (χ0) is 57.9. The largest absolute Gasteiger partial charge is 0.488 e. The molecular formula is C52H52Cl2N2O23. The summed E-state index contributed by atoms with van der Waals surface area (Å²) in [5.74, 6) is -7.22. The predicted octanol–water partition coefficient (Wildman–Crippen LogP) is 5.71. The Bertz CT molecular complexity index is 3070. The first kappa shape index (κ1) is 61.0. The molecule has 0 radical (unpaired) electrons. The first-order valence-corrected chi connectivity index (χ1v) is 24.1. The van der Waals surface area contributed by atoms with E-state index in [1.807, 2.05) is 0 Å². The summed E-state index contributed by atoms with van der Waals surface area (Å²) in [5, 5.41) is 0.220. The van der Waals surface area contributed by atoms with Crippen LogP contribution in [0.15, 0.2) is 63.8 Å². The fourth-order valence-corrected chi connectivity index (χ4v) is 7.43. The topological polar surface area (TPSA) is 301 Å². The molecule has 0 saturated heterocycles. The lowest BCUT2D eigenvalue weighted by molar-refractivity contribution is -0.167. The van der Waals surface area contributed by atoms with Gasteiger partial charge in [-0.2, -0.15) is 0 Å². The van der Waals surface area contributed by atoms with Crippen molar-refractivity contribution in [3.8, 4) is 39.7 Å². The van der Waals surface area contributed by atoms with E-state index in [1.54, 1.807) is 38.1 Å². The number of nitrogens with zero attached hydrogens (tertiary/aromatic N) is 2. The van der Waals surface area contributed by atoms with Gasteiger partial charge in [-0.15, -0.1) is 0 Å². The summed E-state index contributed by atoms with van der Waals surface area (Å²) in [6, 6.07) is 13.4. The van der Waals surface area contributed by atoms with Crippen LogP contribution in [0.2, 0.25) is 10.0 Å². The third-order valence-corrected chi connectivity index (χ3v) is 11.1. The van der Waals surface area contributed by atoms with E-state index in [1.165, 1.54) is 47.1 Å². The van der Waals surface area contributed by atoms with Gasteiger partial charge in [0.15, 0.2) is 0 Å². The van der Waals surface area contributed by atoms with E-state index in [-0.39, 0.29) is 63.2 Å². The van der Waals surface area contributed by atoms with Crippen LogP contribution in [-0.2, 0) is 85.8 Å². The van der Waals surface area contributed by atoms with E-state index in [4.69, 9.17) is 84.5 Å². The summed E-state index contributed by atoms with van der Waals surface area (Å²) >= 11 is 13.2. The van der Waals surface area contributed by atoms with E-state index in [0.717, 1.165) is 27.7 Å². The number of ether oxygens (including phenoxy) is 12. The van der Waals surface area contributed by atoms with Crippen molar-refractivity contribution >= 4 is 99.3 Å². The molecule has 2 aliphatic rings. The Hall–Kier alpha value is -8.84. The Morgan fingerprint density at radius 2 is 0.924 bits per heavy atom. The minimum absolute atomic E-state index is 0.0389. The summed E-state index contributed by atoms with van der Waals surface area (Å²) < 4.78 is 68.8. The maximum absolute atomic E-state index is 13.4. The highest BCUT2D eigenvalue weighted by atomic mass is 35.5. The molecule has 0 aromatic heterocycles. The lowest BCUT2D eigenvalue weighted by atomic mass is 9.90. The molecule has 1 aliphatic carbocycles. The molecule has 79 heavy (non-hydrogen) atoms. The quantitative estimate of drug-likeness (QED) is 0.0200. The summed E-state index contributed by atoms with van der Waals surface area (Å²) in [7, 11) is 0. The Morgan fingerprint density at radius 3 is 1.41 bits per heavy atom. The Balaban J connectivity index is 1.63. The second-order valence-corrected chi connectivity index (χ2v) is 17.3. The van der Waals surface area contributed by atoms with E-state index in [9.17, 15) is 47.9 Å². The summed E-state index contributed by atoms with van der Waals surface area (Å²) in [4.78, 5) is 125. The zero-order valence-corrected chi connectivity index (χ0v) is 45.0. The number of hydrogen-bond donors (Lipinski definition) is 0. The normalized spacial score (nSPS) is 10.6. The molecule has 0 N–H and O–H groups in total. The molecule has 1 aliphatic heterocycles. The average molecular weight is 1140 g/mol. The van der Waals surface area contributed by atoms with Crippen LogP contribution in [0.4, 0.5) is 11.4 Å². The molecule has 1 heterocycles. The third-order valence-electron chi connectivity index (χ3n) is 10.5. The van der Waals surface area contributed by atoms with Crippen LogP contribution in [0.3, 0.4) is 0 Å². The van der Waals surface area contributed by atoms with Crippen LogP contribution in [0.25, 0.3) is 33.4 Å². The molecule has 0 amide bonds. The summed E-state index contributed by atoms with van der Waals surface area (Å²) in [6.07, 6.45) is 0. The lowest BCUT2D eigenvalue weighted by Crippen LogP contribution is -2.37. The van der Waals surface area contributed by atoms with Gasteiger partial charge in [0.2, 0.25) is 39.4 Å². The first-order chi connectivity index (χ1) is 37.5. The molecule has 3 aromatic carbocycles. The molecule has 5 rings (SSSR count). The van der Waals surface area contributed by atoms with E-state index < -0.39 is 119 Å². The minimum atomic E-state index is -0.988. The fourth-order valence-electron chi connectivity index (χ4n) is 7.05. The SMILES string of the molecule is CC(=O)OCOC(=O)CN(CC(=O)OCOC(C)=O)c1ccc(C)cc1OCCOc1cc(-c2c3cc(Cl)c(=O)cc-3oc3cc(OCOC(C)=O)c(Cl)cc23)c(C)cc1N(CC(=O)OCOC(C)=O)CC(=O)OCOC(C)=O. The molecule has 0 unspecified atom stereocenters. The number of carbonyl (C=O) groups excluding carboxylic acids is 9. The second kappa shape index (κ2) is 29.1. The number of halogens is 2. The number of hydrogen-bond acceptors (Lipinski definition) is 25. The smallest absolute Gasteiger partial charge is 0.328 e. The highest BCUT2D eigenvalue weighted by molar-refractivity contribution is 6.33. The maximum atomic E-state index is 13.4. The van der Waals surface area contributed by atoms with Crippen molar-refractivity contribution in [3.63, 3.8) is 0 Å². The average Bonchev–Trinajstić information content (AvgIpc) is 3.57. The van der Waals surface area contributed by atoms with Crippen molar-refractivity contribution in [1.29, 1.82) is 0 Å². The van der Waals surface area contributed by atoms with Crippen molar-refractivity contribution in [1.82, 2.24) is 0 Å². The molecule has 0 spiro atoms. The first-order valence-electron chi connectivity index (χ1n) is 23.3. The molecule has 27 heteroatoms. The van der Waals surface area contributed by atoms with Crippen molar-refractivity contribution in [2.24, 2.45) is 0 Å². The Morgan fingerprint density at radius 1 is 0.468 bits per heavy atom. The van der Waals surface area contributed by atoms with Gasteiger partial charge < -0.3 is 71.1 Å². The Kier molecular flexibility index (Phi) is 22.4. The molecule has 422 valence electrons. The van der Waals surface area contributed by atoms with Crippen molar-refractivity contribution in [2.45, 2.75) is 48.5 Å². The van der Waals surface area contributed by atoms with E-state index in [0.29, 0.717) is 33.2 Å². The molecule has 0 fully saturated rings. The maximum Gasteiger partial charge on any atom is 0.328 e. The summed E-state index contributed by atoms with van der Waals surface area (Å²) in [6.45, 7) is 2.29. The van der Waals surface area contributed by atoms with Crippen LogP contribution < -0.4 is 29.4 Å². The molecule has 3 aromatic rings. The zero-order valence-electron chi connectivity index (χ0n) is 43.5. The number of esters is 9. The summed E-state index contributed by atoms with van der Waals surface area (Å²) in [5.41, 5.74) is 1.97. The van der Waals surface area contributed by atoms with Gasteiger partial charge in [-0.05, 0) is 66.9 Å². The number of rotatable bonds is 27. The molecule has 25 nitrogen and oxygen atoms in total. The number of carbonyl (C=O) groups is 9. The monoisotopic (exact) mass is 1140 g/mol. The van der Waals surface area contributed by atoms with E-state index in [2.05, 4.69) is 0 Å². The molecule has 0 atom stereocenters. The van der Waals surface area contributed by atoms with Crippen LogP contribution in [0, 0.1) is 13.8 Å². The number of fused-ring (bicyclic) bond motifs is 2. The van der Waals surface area contributed by atoms with Gasteiger partial charge in [0.1, 0.15) is 68.0 Å². The van der Waals surface area contributed by atoms with E-state index >= 15 is 0 Å². The van der Waals surface area contributed by atoms with Gasteiger partial charge in [-0.3, -0.25) is 47.9 Å². The van der Waals surface area contributed by atoms with Crippen molar-refractivity contribution in [2.75, 3.05) is 83.2 Å². The fraction of sp³-hybridized carbons (Fsp3) is 0.346. The minimum Gasteiger partial charge on any atom is -0.488 e. The molecule has 0 saturated carbocycles. The van der Waals surface area contributed by atoms with Gasteiger partial charge in [-0.25, -0.2) is 0 Å². The second-order valence-electron chi connectivity index (χ2n) is 16.5. The van der Waals surface area contributed by atoms with Gasteiger partial charge in [0.05, 0.1) is 21.4 Å². The van der Waals surface area contributed by atoms with Crippen molar-refractivity contribution < 1.29 is 104 Å². The molecular weight excluding hydrogens is 1090 g/mol. The van der Waals surface area contributed by atoms with Crippen LogP contribution in [0.5, 0.6) is 17.2 Å². The number of aryl methyl sites for hydroxylation is 2. The lowest BCUT2D eigenvalue weighted by Gasteiger charge is -2.27. The van der Waals surface area contributed by atoms with Gasteiger partial charge >= 0.3 is 53.7 Å². The predicted molar refractivity (Wildman–Crippen MR) is 274 cm³/mol. The highest BCUT2D eigenvalue weighted by Gasteiger charge is 2.28. The molecule has 0 bridgehead atoms. The Labute approximate surface area is 459 Å². The van der Waals surface area contributed by atoms with Gasteiger partial charge in [0.25, 0.3) is 0 Å². The van der Waals surface area contributed by atoms with Gasteiger partial charge in [-0.1, -0.05) is 29.3 Å². The van der Waals surface area contributed by atoms with Gasteiger partial charge in [0, 0.05) is 63.3 Å². The third kappa shape index (κ3) is 18.7. The number of benzene rings is 4. The van der Waals surface area contributed by atoms with Crippen LogP contribution >= 0.6 is 23.2 Å². The standard InChI is InChI=1S/C52H52Cl2N2O23/c1-28-8-9-40(55(19-48(63)75-24-70-31(4)58)20-49(64)76-25-71-32(5)59)46(12-28)67-10-11-68-47-16-35(29(2)13-41(47)56(21-50(65)77-26-72-33(6)60)22-51(66)78-27-73-34(7)61)52-36-14-38(53)42(62)17-43(36)79-44-18-45(39(54)15-37(44)52)74-23-69-30(3)57/h8-9,12-18H,10-11,19-27H2,1-7H3. The van der Waals surface area contributed by atoms with Crippen LogP contribution in [-0.4, -0.2) is 127 Å². The highest BCUT2D eigenvalue weighted by Crippen LogP contribution is 2.47. The van der Waals surface area contributed by atoms with Crippen molar-refractivity contribution in [3.05, 3.63) is 86.0 Å². The van der Waals surface area contributed by atoms with Crippen LogP contribution in [0.1, 0.15) is 45.7 Å².